The van der Waals surface area contributed by atoms with Crippen molar-refractivity contribution in [3.05, 3.63) is 70.9 Å². The number of halogens is 1. The minimum absolute atomic E-state index is 0.188. The lowest BCUT2D eigenvalue weighted by Crippen LogP contribution is -2.06. The van der Waals surface area contributed by atoms with Crippen LogP contribution in [0.4, 0.5) is 4.39 Å². The summed E-state index contributed by atoms with van der Waals surface area (Å²) < 4.78 is 21.9. The number of nitrogens with zero attached hydrogens (tertiary/aromatic N) is 5. The lowest BCUT2D eigenvalue weighted by atomic mass is 10.00. The van der Waals surface area contributed by atoms with Gasteiger partial charge in [0.05, 0.1) is 6.61 Å². The van der Waals surface area contributed by atoms with Gasteiger partial charge in [-0.15, -0.1) is 10.2 Å². The summed E-state index contributed by atoms with van der Waals surface area (Å²) in [5, 5.41) is 8.38. The molecule has 0 fully saturated rings. The molecule has 4 heterocycles. The van der Waals surface area contributed by atoms with Crippen LogP contribution in [0, 0.1) is 19.7 Å². The number of hydrogen-bond donors (Lipinski definition) is 0. The molecule has 0 unspecified atom stereocenters. The molecule has 0 N–H and O–H groups in total. The zero-order chi connectivity index (χ0) is 20.0. The molecule has 0 saturated carbocycles. The predicted molar refractivity (Wildman–Crippen MR) is 106 cm³/mol. The van der Waals surface area contributed by atoms with Gasteiger partial charge in [-0.05, 0) is 44.0 Å². The molecule has 1 aliphatic heterocycles. The van der Waals surface area contributed by atoms with E-state index in [1.807, 2.05) is 36.6 Å². The molecule has 5 rings (SSSR count). The van der Waals surface area contributed by atoms with E-state index in [2.05, 4.69) is 20.2 Å². The maximum atomic E-state index is 14.4. The van der Waals surface area contributed by atoms with Crippen molar-refractivity contribution < 1.29 is 9.13 Å². The van der Waals surface area contributed by atoms with Crippen LogP contribution in [-0.4, -0.2) is 31.2 Å². The Kier molecular flexibility index (Phi) is 4.23. The van der Waals surface area contributed by atoms with Crippen LogP contribution in [0.25, 0.3) is 16.8 Å². The quantitative estimate of drug-likeness (QED) is 0.533. The van der Waals surface area contributed by atoms with E-state index in [4.69, 9.17) is 4.74 Å². The van der Waals surface area contributed by atoms with Crippen LogP contribution in [0.1, 0.15) is 28.3 Å². The van der Waals surface area contributed by atoms with Crippen molar-refractivity contribution >= 4 is 5.65 Å². The Morgan fingerprint density at radius 3 is 2.86 bits per heavy atom. The van der Waals surface area contributed by atoms with Gasteiger partial charge >= 0.3 is 0 Å². The Balaban J connectivity index is 1.50. The normalized spacial score (nSPS) is 12.9. The van der Waals surface area contributed by atoms with E-state index in [1.165, 1.54) is 6.07 Å². The summed E-state index contributed by atoms with van der Waals surface area (Å²) >= 11 is 0. The fourth-order valence-electron chi connectivity index (χ4n) is 4.04. The van der Waals surface area contributed by atoms with Gasteiger partial charge in [-0.2, -0.15) is 0 Å². The number of benzene rings is 1. The summed E-state index contributed by atoms with van der Waals surface area (Å²) in [7, 11) is 0. The van der Waals surface area contributed by atoms with E-state index in [9.17, 15) is 4.39 Å². The molecule has 0 bridgehead atoms. The minimum atomic E-state index is -0.188. The number of aryl methyl sites for hydroxylation is 3. The highest BCUT2D eigenvalue weighted by Crippen LogP contribution is 2.31. The third-order valence-corrected chi connectivity index (χ3v) is 5.46. The zero-order valence-electron chi connectivity index (χ0n) is 16.3. The van der Waals surface area contributed by atoms with Crippen LogP contribution in [0.15, 0.2) is 36.8 Å². The van der Waals surface area contributed by atoms with Gasteiger partial charge in [0.15, 0.2) is 5.65 Å². The van der Waals surface area contributed by atoms with Crippen molar-refractivity contribution in [2.45, 2.75) is 33.1 Å². The van der Waals surface area contributed by atoms with Gasteiger partial charge in [-0.1, -0.05) is 6.07 Å². The third-order valence-electron chi connectivity index (χ3n) is 5.46. The fraction of sp³-hybridized carbons (Fsp3) is 0.273. The molecule has 0 amide bonds. The highest BCUT2D eigenvalue weighted by molar-refractivity contribution is 5.78. The molecule has 3 aromatic heterocycles. The van der Waals surface area contributed by atoms with Crippen molar-refractivity contribution in [3.63, 3.8) is 0 Å². The van der Waals surface area contributed by atoms with Gasteiger partial charge in [0, 0.05) is 47.1 Å². The van der Waals surface area contributed by atoms with Gasteiger partial charge in [-0.3, -0.25) is 9.38 Å². The Morgan fingerprint density at radius 2 is 2.00 bits per heavy atom. The lowest BCUT2D eigenvalue weighted by Gasteiger charge is -2.11. The van der Waals surface area contributed by atoms with Gasteiger partial charge in [-0.25, -0.2) is 9.37 Å². The second kappa shape index (κ2) is 6.92. The SMILES string of the molecule is Cc1ccc(-c2cnc(CCc3c(F)ccc4c3CCO4)n3cnnc23)c(C)n1. The number of rotatable bonds is 4. The molecule has 6 nitrogen and oxygen atoms in total. The maximum Gasteiger partial charge on any atom is 0.171 e. The van der Waals surface area contributed by atoms with Gasteiger partial charge < -0.3 is 4.74 Å². The van der Waals surface area contributed by atoms with Gasteiger partial charge in [0.2, 0.25) is 0 Å². The number of fused-ring (bicyclic) bond motifs is 2. The molecule has 0 saturated heterocycles. The Bertz CT molecular complexity index is 1230. The highest BCUT2D eigenvalue weighted by Gasteiger charge is 2.20. The average Bonchev–Trinajstić information content (AvgIpc) is 3.37. The van der Waals surface area contributed by atoms with Crippen LogP contribution in [0.5, 0.6) is 5.75 Å². The molecule has 29 heavy (non-hydrogen) atoms. The molecular formula is C22H20FN5O. The van der Waals surface area contributed by atoms with Crippen LogP contribution < -0.4 is 4.74 Å². The summed E-state index contributed by atoms with van der Waals surface area (Å²) in [6.45, 7) is 4.55. The van der Waals surface area contributed by atoms with Crippen molar-refractivity contribution in [3.8, 4) is 16.9 Å². The summed E-state index contributed by atoms with van der Waals surface area (Å²) in [6, 6.07) is 7.21. The highest BCUT2D eigenvalue weighted by atomic mass is 19.1. The smallest absolute Gasteiger partial charge is 0.171 e. The molecule has 7 heteroatoms. The summed E-state index contributed by atoms with van der Waals surface area (Å²) in [5.74, 6) is 1.40. The van der Waals surface area contributed by atoms with Crippen molar-refractivity contribution in [1.29, 1.82) is 0 Å². The summed E-state index contributed by atoms with van der Waals surface area (Å²) in [4.78, 5) is 9.20. The predicted octanol–water partition coefficient (Wildman–Crippen LogP) is 3.66. The van der Waals surface area contributed by atoms with Crippen LogP contribution in [0.3, 0.4) is 0 Å². The van der Waals surface area contributed by atoms with Crippen LogP contribution >= 0.6 is 0 Å². The largest absolute Gasteiger partial charge is 0.493 e. The molecular weight excluding hydrogens is 369 g/mol. The second-order valence-corrected chi connectivity index (χ2v) is 7.30. The second-order valence-electron chi connectivity index (χ2n) is 7.30. The fourth-order valence-corrected chi connectivity index (χ4v) is 4.04. The molecule has 146 valence electrons. The van der Waals surface area contributed by atoms with Crippen LogP contribution in [-0.2, 0) is 19.3 Å². The van der Waals surface area contributed by atoms with Crippen molar-refractivity contribution in [2.24, 2.45) is 0 Å². The minimum Gasteiger partial charge on any atom is -0.493 e. The third kappa shape index (κ3) is 3.03. The monoisotopic (exact) mass is 389 g/mol. The van der Waals surface area contributed by atoms with Crippen molar-refractivity contribution in [1.82, 2.24) is 24.6 Å². The molecule has 0 spiro atoms. The molecule has 0 aliphatic carbocycles. The number of ether oxygens (including phenoxy) is 1. The van der Waals surface area contributed by atoms with E-state index in [0.29, 0.717) is 25.0 Å². The average molecular weight is 389 g/mol. The number of hydrogen-bond acceptors (Lipinski definition) is 5. The van der Waals surface area contributed by atoms with E-state index >= 15 is 0 Å². The topological polar surface area (TPSA) is 65.2 Å². The molecule has 4 aromatic rings. The number of aromatic nitrogens is 5. The molecule has 0 atom stereocenters. The number of pyridine rings is 1. The van der Waals surface area contributed by atoms with E-state index in [-0.39, 0.29) is 5.82 Å². The Hall–Kier alpha value is -3.35. The first-order valence-corrected chi connectivity index (χ1v) is 9.67. The first-order valence-electron chi connectivity index (χ1n) is 9.67. The standard InChI is InChI=1S/C22H20FN5O/c1-13-3-4-15(14(2)26-13)18-11-24-21(28-12-25-27-22(18)28)8-5-16-17-9-10-29-20(17)7-6-19(16)23/h3-4,6-7,11-12H,5,8-10H2,1-2H3. The molecule has 1 aliphatic rings. The van der Waals surface area contributed by atoms with Crippen LogP contribution in [0.2, 0.25) is 0 Å². The van der Waals surface area contributed by atoms with E-state index in [0.717, 1.165) is 51.7 Å². The van der Waals surface area contributed by atoms with E-state index < -0.39 is 0 Å². The lowest BCUT2D eigenvalue weighted by molar-refractivity contribution is 0.356. The first-order chi connectivity index (χ1) is 14.1. The van der Waals surface area contributed by atoms with Crippen molar-refractivity contribution in [2.75, 3.05) is 6.61 Å². The maximum absolute atomic E-state index is 14.4. The Morgan fingerprint density at radius 1 is 1.10 bits per heavy atom. The van der Waals surface area contributed by atoms with Gasteiger partial charge in [0.25, 0.3) is 0 Å². The first kappa shape index (κ1) is 17.7. The molecule has 1 aromatic carbocycles. The van der Waals surface area contributed by atoms with Gasteiger partial charge in [0.1, 0.15) is 23.7 Å². The Labute approximate surface area is 167 Å². The molecule has 0 radical (unpaired) electrons. The van der Waals surface area contributed by atoms with E-state index in [1.54, 1.807) is 12.4 Å². The summed E-state index contributed by atoms with van der Waals surface area (Å²) in [6.07, 6.45) is 5.34. The summed E-state index contributed by atoms with van der Waals surface area (Å²) in [5.41, 5.74) is 6.17. The zero-order valence-corrected chi connectivity index (χ0v) is 16.3.